The van der Waals surface area contributed by atoms with Crippen LogP contribution >= 0.6 is 0 Å². The quantitative estimate of drug-likeness (QED) is 0.187. The molecule has 0 saturated carbocycles. The van der Waals surface area contributed by atoms with Crippen LogP contribution in [0.5, 0.6) is 0 Å². The number of rotatable bonds is 8. The van der Waals surface area contributed by atoms with Crippen LogP contribution in [0, 0.1) is 0 Å². The molecule has 1 aromatic carbocycles. The Bertz CT molecular complexity index is 1350. The van der Waals surface area contributed by atoms with Crippen molar-refractivity contribution in [1.29, 1.82) is 0 Å². The molecular formula is C28H33N5OSi. The van der Waals surface area contributed by atoms with E-state index in [1.54, 1.807) is 6.33 Å². The smallest absolute Gasteiger partial charge is 0.145 e. The highest BCUT2D eigenvalue weighted by molar-refractivity contribution is 6.76. The van der Waals surface area contributed by atoms with Crippen LogP contribution in [0.15, 0.2) is 66.2 Å². The van der Waals surface area contributed by atoms with Gasteiger partial charge in [0.1, 0.15) is 18.7 Å². The topological polar surface area (TPSA) is 65.2 Å². The predicted octanol–water partition coefficient (Wildman–Crippen LogP) is 5.54. The highest BCUT2D eigenvalue weighted by Crippen LogP contribution is 2.39. The number of hydrogen-bond acceptors (Lipinski definition) is 5. The molecule has 0 amide bonds. The van der Waals surface area contributed by atoms with Gasteiger partial charge in [-0.15, -0.1) is 0 Å². The van der Waals surface area contributed by atoms with Crippen molar-refractivity contribution in [3.8, 4) is 11.3 Å². The van der Waals surface area contributed by atoms with Crippen LogP contribution in [-0.2, 0) is 29.7 Å². The summed E-state index contributed by atoms with van der Waals surface area (Å²) in [4.78, 5) is 18.5. The lowest BCUT2D eigenvalue weighted by atomic mass is 9.81. The van der Waals surface area contributed by atoms with Crippen LogP contribution < -0.4 is 0 Å². The van der Waals surface area contributed by atoms with E-state index < -0.39 is 8.07 Å². The Morgan fingerprint density at radius 2 is 1.83 bits per heavy atom. The van der Waals surface area contributed by atoms with Gasteiger partial charge in [-0.25, -0.2) is 9.97 Å². The number of aromatic nitrogens is 4. The van der Waals surface area contributed by atoms with Crippen molar-refractivity contribution in [3.63, 3.8) is 0 Å². The average molecular weight is 484 g/mol. The molecule has 1 aliphatic carbocycles. The first-order chi connectivity index (χ1) is 16.9. The summed E-state index contributed by atoms with van der Waals surface area (Å²) < 4.78 is 8.04. The molecule has 0 bridgehead atoms. The van der Waals surface area contributed by atoms with E-state index in [-0.39, 0.29) is 5.41 Å². The minimum Gasteiger partial charge on any atom is -0.361 e. The minimum atomic E-state index is -1.11. The molecule has 7 heteroatoms. The van der Waals surface area contributed by atoms with Gasteiger partial charge in [-0.2, -0.15) is 0 Å². The van der Waals surface area contributed by atoms with Gasteiger partial charge in [0.05, 0.1) is 16.8 Å². The molecule has 0 N–H and O–H groups in total. The van der Waals surface area contributed by atoms with E-state index in [1.807, 2.05) is 25.5 Å². The largest absolute Gasteiger partial charge is 0.361 e. The second-order valence-electron chi connectivity index (χ2n) is 10.7. The average Bonchev–Trinajstić information content (AvgIpc) is 3.43. The van der Waals surface area contributed by atoms with E-state index in [0.29, 0.717) is 6.73 Å². The molecule has 0 radical (unpaired) electrons. The van der Waals surface area contributed by atoms with Crippen LogP contribution in [0.4, 0.5) is 0 Å². The van der Waals surface area contributed by atoms with Gasteiger partial charge in [0.25, 0.3) is 0 Å². The SMILES string of the molecule is C/N=C/C1(c2cc(-c3ncnc4c3ccn4COCC[Si](C)(C)C)ccn2)Cc2ccccc2C1. The molecule has 1 aliphatic rings. The Hall–Kier alpha value is -3.16. The number of nitrogens with zero attached hydrogens (tertiary/aromatic N) is 5. The Balaban J connectivity index is 1.45. The number of ether oxygens (including phenoxy) is 1. The van der Waals surface area contributed by atoms with Gasteiger partial charge in [-0.3, -0.25) is 9.98 Å². The fraction of sp³-hybridized carbons (Fsp3) is 0.357. The lowest BCUT2D eigenvalue weighted by Gasteiger charge is -2.24. The van der Waals surface area contributed by atoms with Crippen molar-refractivity contribution in [2.45, 2.75) is 50.7 Å². The highest BCUT2D eigenvalue weighted by Gasteiger charge is 2.38. The number of aliphatic imine (C=N–C) groups is 1. The van der Waals surface area contributed by atoms with Crippen LogP contribution in [-0.4, -0.2) is 47.5 Å². The molecule has 0 spiro atoms. The molecule has 35 heavy (non-hydrogen) atoms. The van der Waals surface area contributed by atoms with Gasteiger partial charge in [-0.05, 0) is 48.2 Å². The fourth-order valence-electron chi connectivity index (χ4n) is 4.96. The van der Waals surface area contributed by atoms with Crippen LogP contribution in [0.25, 0.3) is 22.3 Å². The Kier molecular flexibility index (Phi) is 6.38. The molecule has 3 aromatic heterocycles. The molecule has 5 rings (SSSR count). The van der Waals surface area contributed by atoms with Crippen molar-refractivity contribution in [2.24, 2.45) is 4.99 Å². The molecule has 0 fully saturated rings. The number of benzene rings is 1. The van der Waals surface area contributed by atoms with E-state index in [2.05, 4.69) is 81.8 Å². The first-order valence-electron chi connectivity index (χ1n) is 12.2. The first kappa shape index (κ1) is 23.6. The van der Waals surface area contributed by atoms with E-state index in [0.717, 1.165) is 53.5 Å². The predicted molar refractivity (Wildman–Crippen MR) is 145 cm³/mol. The molecule has 0 saturated heterocycles. The molecule has 0 atom stereocenters. The summed E-state index contributed by atoms with van der Waals surface area (Å²) >= 11 is 0. The van der Waals surface area contributed by atoms with Gasteiger partial charge in [-0.1, -0.05) is 43.9 Å². The summed E-state index contributed by atoms with van der Waals surface area (Å²) in [5, 5.41) is 1.02. The number of fused-ring (bicyclic) bond motifs is 2. The Labute approximate surface area is 208 Å². The second-order valence-corrected chi connectivity index (χ2v) is 16.3. The van der Waals surface area contributed by atoms with Crippen LogP contribution in [0.2, 0.25) is 25.7 Å². The summed E-state index contributed by atoms with van der Waals surface area (Å²) in [5.41, 5.74) is 6.37. The van der Waals surface area contributed by atoms with E-state index in [4.69, 9.17) is 9.72 Å². The minimum absolute atomic E-state index is 0.239. The number of pyridine rings is 1. The molecule has 180 valence electrons. The Morgan fingerprint density at radius 1 is 1.06 bits per heavy atom. The third-order valence-corrected chi connectivity index (χ3v) is 8.54. The Morgan fingerprint density at radius 3 is 2.54 bits per heavy atom. The molecular weight excluding hydrogens is 450 g/mol. The van der Waals surface area contributed by atoms with Crippen molar-refractivity contribution >= 4 is 25.3 Å². The van der Waals surface area contributed by atoms with Crippen molar-refractivity contribution in [3.05, 3.63) is 78.0 Å². The zero-order chi connectivity index (χ0) is 24.5. The zero-order valence-electron chi connectivity index (χ0n) is 21.0. The standard InChI is InChI=1S/C28H33N5OSi/c1-29-18-28(16-22-7-5-6-8-23(22)17-28)25-15-21(9-11-30-25)26-24-10-12-33(27(24)32-19-31-26)20-34-13-14-35(2,3)4/h5-12,15,18-19H,13-14,16-17,20H2,1-4H3/b29-18+. The summed E-state index contributed by atoms with van der Waals surface area (Å²) in [5.74, 6) is 0. The normalized spacial score (nSPS) is 15.2. The zero-order valence-corrected chi connectivity index (χ0v) is 22.0. The lowest BCUT2D eigenvalue weighted by Crippen LogP contribution is -2.30. The third-order valence-electron chi connectivity index (χ3n) is 6.83. The van der Waals surface area contributed by atoms with Gasteiger partial charge in [0.15, 0.2) is 0 Å². The molecule has 4 aromatic rings. The van der Waals surface area contributed by atoms with Gasteiger partial charge in [0, 0.05) is 51.3 Å². The van der Waals surface area contributed by atoms with Gasteiger partial charge < -0.3 is 9.30 Å². The third kappa shape index (κ3) is 4.83. The maximum atomic E-state index is 5.98. The second kappa shape index (κ2) is 9.47. The van der Waals surface area contributed by atoms with Crippen molar-refractivity contribution in [1.82, 2.24) is 19.5 Å². The van der Waals surface area contributed by atoms with Crippen LogP contribution in [0.1, 0.15) is 16.8 Å². The maximum absolute atomic E-state index is 5.98. The highest BCUT2D eigenvalue weighted by atomic mass is 28.3. The van der Waals surface area contributed by atoms with Crippen molar-refractivity contribution in [2.75, 3.05) is 13.7 Å². The monoisotopic (exact) mass is 483 g/mol. The molecule has 3 heterocycles. The van der Waals surface area contributed by atoms with Gasteiger partial charge in [0.2, 0.25) is 0 Å². The molecule has 0 unspecified atom stereocenters. The maximum Gasteiger partial charge on any atom is 0.145 e. The summed E-state index contributed by atoms with van der Waals surface area (Å²) in [7, 11) is 0.733. The summed E-state index contributed by atoms with van der Waals surface area (Å²) in [6.45, 7) is 8.38. The van der Waals surface area contributed by atoms with E-state index >= 15 is 0 Å². The lowest BCUT2D eigenvalue weighted by molar-refractivity contribution is 0.0899. The van der Waals surface area contributed by atoms with E-state index in [1.165, 1.54) is 11.1 Å². The fourth-order valence-corrected chi connectivity index (χ4v) is 5.72. The van der Waals surface area contributed by atoms with Crippen molar-refractivity contribution < 1.29 is 4.74 Å². The molecule has 6 nitrogen and oxygen atoms in total. The molecule has 0 aliphatic heterocycles. The van der Waals surface area contributed by atoms with Gasteiger partial charge >= 0.3 is 0 Å². The van der Waals surface area contributed by atoms with E-state index in [9.17, 15) is 0 Å². The summed E-state index contributed by atoms with van der Waals surface area (Å²) in [6.07, 6.45) is 9.46. The summed E-state index contributed by atoms with van der Waals surface area (Å²) in [6, 6.07) is 16.1. The number of hydrogen-bond donors (Lipinski definition) is 0. The first-order valence-corrected chi connectivity index (χ1v) is 15.9. The van der Waals surface area contributed by atoms with Crippen LogP contribution in [0.3, 0.4) is 0 Å².